The summed E-state index contributed by atoms with van der Waals surface area (Å²) in [4.78, 5) is 11.8. The van der Waals surface area contributed by atoms with Crippen molar-refractivity contribution in [1.29, 1.82) is 0 Å². The second-order valence-corrected chi connectivity index (χ2v) is 8.09. The fourth-order valence-corrected chi connectivity index (χ4v) is 3.98. The van der Waals surface area contributed by atoms with E-state index in [-0.39, 0.29) is 17.1 Å². The Balaban J connectivity index is 1.94. The molecule has 0 saturated carbocycles. The predicted octanol–water partition coefficient (Wildman–Crippen LogP) is 2.37. The number of sulfonamides is 1. The van der Waals surface area contributed by atoms with Crippen LogP contribution in [0.5, 0.6) is 0 Å². The normalized spacial score (nSPS) is 12.5. The Kier molecular flexibility index (Phi) is 6.09. The third-order valence-corrected chi connectivity index (χ3v) is 5.90. The number of rotatable bonds is 7. The average molecular weight is 414 g/mol. The summed E-state index contributed by atoms with van der Waals surface area (Å²) in [7, 11) is -2.12. The summed E-state index contributed by atoms with van der Waals surface area (Å²) in [6.07, 6.45) is 0. The summed E-state index contributed by atoms with van der Waals surface area (Å²) in [6, 6.07) is 14.0. The Morgan fingerprint density at radius 2 is 1.76 bits per heavy atom. The van der Waals surface area contributed by atoms with Crippen LogP contribution in [-0.2, 0) is 21.8 Å². The van der Waals surface area contributed by atoms with Gasteiger partial charge >= 0.3 is 5.97 Å². The molecular weight excluding hydrogens is 392 g/mol. The number of nitrogens with zero attached hydrogens (tertiary/aromatic N) is 3. The smallest absolute Gasteiger partial charge is 0.338 e. The highest BCUT2D eigenvalue weighted by molar-refractivity contribution is 7.89. The van der Waals surface area contributed by atoms with Crippen molar-refractivity contribution in [2.75, 3.05) is 6.61 Å². The van der Waals surface area contributed by atoms with E-state index in [1.54, 1.807) is 25.5 Å². The van der Waals surface area contributed by atoms with Gasteiger partial charge in [-0.05, 0) is 43.7 Å². The minimum Gasteiger partial charge on any atom is -0.462 e. The van der Waals surface area contributed by atoms with E-state index in [1.807, 2.05) is 30.3 Å². The van der Waals surface area contributed by atoms with Crippen molar-refractivity contribution >= 4 is 16.0 Å². The van der Waals surface area contributed by atoms with Gasteiger partial charge in [0.2, 0.25) is 10.0 Å². The number of esters is 1. The highest BCUT2D eigenvalue weighted by Gasteiger charge is 2.27. The number of carbonyl (C=O) groups excluding carboxylic acids is 1. The maximum Gasteiger partial charge on any atom is 0.338 e. The van der Waals surface area contributed by atoms with Crippen molar-refractivity contribution in [1.82, 2.24) is 19.5 Å². The van der Waals surface area contributed by atoms with Gasteiger partial charge < -0.3 is 9.30 Å². The number of aryl methyl sites for hydroxylation is 1. The molecule has 3 rings (SSSR count). The van der Waals surface area contributed by atoms with Crippen LogP contribution < -0.4 is 4.72 Å². The van der Waals surface area contributed by atoms with Crippen LogP contribution in [0, 0.1) is 6.92 Å². The quantitative estimate of drug-likeness (QED) is 0.596. The van der Waals surface area contributed by atoms with Gasteiger partial charge in [-0.3, -0.25) is 0 Å². The monoisotopic (exact) mass is 414 g/mol. The van der Waals surface area contributed by atoms with Crippen molar-refractivity contribution < 1.29 is 17.9 Å². The van der Waals surface area contributed by atoms with Crippen molar-refractivity contribution in [3.8, 4) is 0 Å². The Morgan fingerprint density at radius 1 is 1.10 bits per heavy atom. The van der Waals surface area contributed by atoms with Crippen LogP contribution in [-0.4, -0.2) is 35.8 Å². The lowest BCUT2D eigenvalue weighted by Crippen LogP contribution is -2.31. The summed E-state index contributed by atoms with van der Waals surface area (Å²) in [5.74, 6) is 0.639. The largest absolute Gasteiger partial charge is 0.462 e. The summed E-state index contributed by atoms with van der Waals surface area (Å²) in [5.41, 5.74) is 1.02. The molecule has 0 saturated heterocycles. The molecule has 152 valence electrons. The fraction of sp³-hybridized carbons (Fsp3) is 0.250. The van der Waals surface area contributed by atoms with E-state index in [9.17, 15) is 13.2 Å². The first kappa shape index (κ1) is 20.7. The van der Waals surface area contributed by atoms with Gasteiger partial charge in [0.05, 0.1) is 17.1 Å². The van der Waals surface area contributed by atoms with Crippen molar-refractivity contribution in [2.45, 2.75) is 24.8 Å². The van der Waals surface area contributed by atoms with E-state index in [0.717, 1.165) is 5.56 Å². The number of aromatic nitrogens is 3. The number of carbonyl (C=O) groups is 1. The summed E-state index contributed by atoms with van der Waals surface area (Å²) in [6.45, 7) is 3.75. The third kappa shape index (κ3) is 4.52. The minimum absolute atomic E-state index is 0.0327. The lowest BCUT2D eigenvalue weighted by atomic mass is 10.1. The molecule has 1 heterocycles. The number of hydrogen-bond donors (Lipinski definition) is 1. The van der Waals surface area contributed by atoms with Crippen LogP contribution >= 0.6 is 0 Å². The molecule has 1 unspecified atom stereocenters. The van der Waals surface area contributed by atoms with E-state index in [1.165, 1.54) is 24.3 Å². The molecule has 1 aromatic heterocycles. The molecule has 0 spiro atoms. The third-order valence-electron chi connectivity index (χ3n) is 4.47. The zero-order chi connectivity index (χ0) is 21.0. The molecule has 1 N–H and O–H groups in total. The molecule has 0 amide bonds. The summed E-state index contributed by atoms with van der Waals surface area (Å²) < 4.78 is 35.4. The molecule has 0 aliphatic rings. The number of hydrogen-bond acceptors (Lipinski definition) is 6. The topological polar surface area (TPSA) is 103 Å². The Morgan fingerprint density at radius 3 is 2.31 bits per heavy atom. The SMILES string of the molecule is CCOC(=O)c1ccc(S(=O)(=O)NC(c2ccccc2)c2nnc(C)n2C)cc1. The molecule has 0 fully saturated rings. The maximum absolute atomic E-state index is 13.0. The molecule has 9 heteroatoms. The van der Waals surface area contributed by atoms with Crippen LogP contribution in [0.25, 0.3) is 0 Å². The van der Waals surface area contributed by atoms with Crippen molar-refractivity contribution in [3.05, 3.63) is 77.4 Å². The van der Waals surface area contributed by atoms with Gasteiger partial charge in [0.1, 0.15) is 11.9 Å². The zero-order valence-electron chi connectivity index (χ0n) is 16.4. The molecule has 29 heavy (non-hydrogen) atoms. The van der Waals surface area contributed by atoms with E-state index in [2.05, 4.69) is 14.9 Å². The van der Waals surface area contributed by atoms with E-state index < -0.39 is 22.0 Å². The number of ether oxygens (including phenoxy) is 1. The van der Waals surface area contributed by atoms with Gasteiger partial charge in [0.25, 0.3) is 0 Å². The fourth-order valence-electron chi connectivity index (χ4n) is 2.80. The molecule has 0 bridgehead atoms. The molecule has 2 aromatic carbocycles. The molecular formula is C20H22N4O4S. The summed E-state index contributed by atoms with van der Waals surface area (Å²) in [5, 5.41) is 8.19. The van der Waals surface area contributed by atoms with Gasteiger partial charge in [0, 0.05) is 7.05 Å². The van der Waals surface area contributed by atoms with Crippen LogP contribution in [0.2, 0.25) is 0 Å². The van der Waals surface area contributed by atoms with Crippen LogP contribution in [0.15, 0.2) is 59.5 Å². The van der Waals surface area contributed by atoms with Crippen LogP contribution in [0.1, 0.15) is 40.5 Å². The molecule has 0 aliphatic heterocycles. The Hall–Kier alpha value is -3.04. The average Bonchev–Trinajstić information content (AvgIpc) is 3.05. The molecule has 0 aliphatic carbocycles. The van der Waals surface area contributed by atoms with E-state index >= 15 is 0 Å². The van der Waals surface area contributed by atoms with Gasteiger partial charge in [-0.2, -0.15) is 4.72 Å². The summed E-state index contributed by atoms with van der Waals surface area (Å²) >= 11 is 0. The lowest BCUT2D eigenvalue weighted by Gasteiger charge is -2.19. The second kappa shape index (κ2) is 8.54. The van der Waals surface area contributed by atoms with Crippen LogP contribution in [0.3, 0.4) is 0 Å². The highest BCUT2D eigenvalue weighted by Crippen LogP contribution is 2.23. The molecule has 8 nitrogen and oxygen atoms in total. The van der Waals surface area contributed by atoms with Gasteiger partial charge in [-0.25, -0.2) is 13.2 Å². The predicted molar refractivity (Wildman–Crippen MR) is 107 cm³/mol. The Labute approximate surface area is 169 Å². The van der Waals surface area contributed by atoms with Gasteiger partial charge in [-0.15, -0.1) is 10.2 Å². The first-order valence-corrected chi connectivity index (χ1v) is 10.5. The molecule has 1 atom stereocenters. The number of nitrogens with one attached hydrogen (secondary N) is 1. The highest BCUT2D eigenvalue weighted by atomic mass is 32.2. The lowest BCUT2D eigenvalue weighted by molar-refractivity contribution is 0.0526. The first-order chi connectivity index (χ1) is 13.8. The molecule has 3 aromatic rings. The van der Waals surface area contributed by atoms with Crippen molar-refractivity contribution in [2.24, 2.45) is 7.05 Å². The second-order valence-electron chi connectivity index (χ2n) is 6.37. The minimum atomic E-state index is -3.90. The van der Waals surface area contributed by atoms with Gasteiger partial charge in [0.15, 0.2) is 5.82 Å². The van der Waals surface area contributed by atoms with Crippen LogP contribution in [0.4, 0.5) is 0 Å². The molecule has 0 radical (unpaired) electrons. The Bertz CT molecular complexity index is 1090. The van der Waals surface area contributed by atoms with Gasteiger partial charge in [-0.1, -0.05) is 30.3 Å². The first-order valence-electron chi connectivity index (χ1n) is 9.04. The standard InChI is InChI=1S/C20H22N4O4S/c1-4-28-20(25)16-10-12-17(13-11-16)29(26,27)23-18(15-8-6-5-7-9-15)19-22-21-14(2)24(19)3/h5-13,18,23H,4H2,1-3H3. The van der Waals surface area contributed by atoms with E-state index in [0.29, 0.717) is 11.6 Å². The number of benzene rings is 2. The van der Waals surface area contributed by atoms with Crippen molar-refractivity contribution in [3.63, 3.8) is 0 Å². The maximum atomic E-state index is 13.0. The van der Waals surface area contributed by atoms with E-state index in [4.69, 9.17) is 4.74 Å². The zero-order valence-corrected chi connectivity index (χ0v) is 17.2.